The number of hydrogen-bond donors (Lipinski definition) is 0. The average molecular weight is 350 g/mol. The molecule has 2 fully saturated rings. The molecular weight excluding hydrogens is 328 g/mol. The van der Waals surface area contributed by atoms with Crippen molar-refractivity contribution in [1.29, 1.82) is 0 Å². The maximum Gasteiger partial charge on any atom is 0.280 e. The molecule has 1 amide bonds. The Kier molecular flexibility index (Phi) is 4.13. The van der Waals surface area contributed by atoms with Gasteiger partial charge in [0, 0.05) is 12.6 Å². The first-order chi connectivity index (χ1) is 12.5. The molecule has 2 heterocycles. The van der Waals surface area contributed by atoms with E-state index in [2.05, 4.69) is 4.98 Å². The molecule has 2 aliphatic rings. The van der Waals surface area contributed by atoms with Gasteiger partial charge in [-0.25, -0.2) is 0 Å². The van der Waals surface area contributed by atoms with Gasteiger partial charge in [-0.15, -0.1) is 0 Å². The van der Waals surface area contributed by atoms with Crippen molar-refractivity contribution >= 4 is 12.0 Å². The number of hydroxylamine groups is 2. The number of benzene rings is 1. The van der Waals surface area contributed by atoms with Crippen molar-refractivity contribution in [2.75, 3.05) is 0 Å². The second kappa shape index (κ2) is 6.34. The van der Waals surface area contributed by atoms with E-state index in [0.717, 1.165) is 29.7 Å². The van der Waals surface area contributed by atoms with Crippen molar-refractivity contribution in [1.82, 2.24) is 10.0 Å². The summed E-state index contributed by atoms with van der Waals surface area (Å²) >= 11 is 0. The van der Waals surface area contributed by atoms with Crippen LogP contribution in [0.15, 0.2) is 60.3 Å². The molecule has 26 heavy (non-hydrogen) atoms. The standard InChI is InChI=1S/C21H22N2O3/c1-20(2)19(24)23(25-15-16-8-4-3-5-9-16)21(26-20)12-11-17(21)14-18-10-6-7-13-22-18/h3-10,13-14H,11-12,15H2,1-2H3/b17-14+. The fourth-order valence-corrected chi connectivity index (χ4v) is 3.45. The normalized spacial score (nSPS) is 25.7. The molecular formula is C21H22N2O3. The van der Waals surface area contributed by atoms with Gasteiger partial charge in [0.15, 0.2) is 5.72 Å². The maximum atomic E-state index is 12.9. The topological polar surface area (TPSA) is 51.7 Å². The number of aromatic nitrogens is 1. The number of pyridine rings is 1. The fraction of sp³-hybridized carbons (Fsp3) is 0.333. The lowest BCUT2D eigenvalue weighted by Crippen LogP contribution is -2.53. The molecule has 0 N–H and O–H groups in total. The highest BCUT2D eigenvalue weighted by atomic mass is 16.7. The highest BCUT2D eigenvalue weighted by Crippen LogP contribution is 2.52. The molecule has 4 rings (SSSR count). The summed E-state index contributed by atoms with van der Waals surface area (Å²) < 4.78 is 6.23. The molecule has 1 aromatic carbocycles. The highest BCUT2D eigenvalue weighted by molar-refractivity contribution is 5.87. The lowest BCUT2D eigenvalue weighted by atomic mass is 9.80. The molecule has 1 saturated carbocycles. The summed E-state index contributed by atoms with van der Waals surface area (Å²) in [6.07, 6.45) is 5.32. The molecule has 1 aliphatic carbocycles. The van der Waals surface area contributed by atoms with Crippen LogP contribution in [0.4, 0.5) is 0 Å². The second-order valence-electron chi connectivity index (χ2n) is 7.18. The van der Waals surface area contributed by atoms with Gasteiger partial charge in [0.25, 0.3) is 5.91 Å². The molecule has 0 radical (unpaired) electrons. The summed E-state index contributed by atoms with van der Waals surface area (Å²) in [6.45, 7) is 3.91. The molecule has 2 aromatic rings. The van der Waals surface area contributed by atoms with E-state index >= 15 is 0 Å². The van der Waals surface area contributed by atoms with Crippen molar-refractivity contribution in [3.05, 3.63) is 71.6 Å². The van der Waals surface area contributed by atoms with Crippen molar-refractivity contribution in [3.8, 4) is 0 Å². The number of hydrogen-bond acceptors (Lipinski definition) is 4. The van der Waals surface area contributed by atoms with E-state index < -0.39 is 11.3 Å². The minimum atomic E-state index is -0.916. The van der Waals surface area contributed by atoms with Crippen LogP contribution in [-0.2, 0) is 21.0 Å². The van der Waals surface area contributed by atoms with Crippen LogP contribution in [0.1, 0.15) is 37.9 Å². The Morgan fingerprint density at radius 1 is 1.19 bits per heavy atom. The van der Waals surface area contributed by atoms with E-state index in [-0.39, 0.29) is 5.91 Å². The third kappa shape index (κ3) is 2.83. The fourth-order valence-electron chi connectivity index (χ4n) is 3.45. The summed E-state index contributed by atoms with van der Waals surface area (Å²) in [4.78, 5) is 23.2. The average Bonchev–Trinajstić information content (AvgIpc) is 2.87. The Morgan fingerprint density at radius 2 is 1.96 bits per heavy atom. The molecule has 5 nitrogen and oxygen atoms in total. The van der Waals surface area contributed by atoms with Gasteiger partial charge in [-0.1, -0.05) is 36.4 Å². The van der Waals surface area contributed by atoms with Crippen molar-refractivity contribution in [2.24, 2.45) is 0 Å². The zero-order valence-corrected chi connectivity index (χ0v) is 15.0. The Balaban J connectivity index is 1.62. The van der Waals surface area contributed by atoms with Gasteiger partial charge in [-0.3, -0.25) is 14.6 Å². The van der Waals surface area contributed by atoms with Crippen LogP contribution in [0.2, 0.25) is 0 Å². The van der Waals surface area contributed by atoms with Gasteiger partial charge in [0.05, 0.1) is 5.69 Å². The predicted molar refractivity (Wildman–Crippen MR) is 97.4 cm³/mol. The van der Waals surface area contributed by atoms with Crippen molar-refractivity contribution in [2.45, 2.75) is 44.6 Å². The largest absolute Gasteiger partial charge is 0.333 e. The van der Waals surface area contributed by atoms with Gasteiger partial charge >= 0.3 is 0 Å². The molecule has 0 bridgehead atoms. The van der Waals surface area contributed by atoms with E-state index in [9.17, 15) is 4.79 Å². The first kappa shape index (κ1) is 16.9. The summed E-state index contributed by atoms with van der Waals surface area (Å²) in [7, 11) is 0. The monoisotopic (exact) mass is 350 g/mol. The number of ether oxygens (including phenoxy) is 1. The van der Waals surface area contributed by atoms with E-state index in [1.165, 1.54) is 5.06 Å². The first-order valence-corrected chi connectivity index (χ1v) is 8.85. The predicted octanol–water partition coefficient (Wildman–Crippen LogP) is 3.72. The quantitative estimate of drug-likeness (QED) is 0.843. The molecule has 5 heteroatoms. The van der Waals surface area contributed by atoms with Crippen molar-refractivity contribution in [3.63, 3.8) is 0 Å². The summed E-state index contributed by atoms with van der Waals surface area (Å²) in [5.74, 6) is -0.153. The molecule has 1 aromatic heterocycles. The van der Waals surface area contributed by atoms with Crippen LogP contribution in [0.25, 0.3) is 6.08 Å². The van der Waals surface area contributed by atoms with Gasteiger partial charge in [0.2, 0.25) is 0 Å². The van der Waals surface area contributed by atoms with Crippen molar-refractivity contribution < 1.29 is 14.4 Å². The van der Waals surface area contributed by atoms with E-state index in [0.29, 0.717) is 6.61 Å². The van der Waals surface area contributed by atoms with Gasteiger partial charge in [-0.05, 0) is 49.6 Å². The number of carbonyl (C=O) groups is 1. The number of rotatable bonds is 4. The van der Waals surface area contributed by atoms with Crippen LogP contribution in [-0.4, -0.2) is 27.3 Å². The van der Waals surface area contributed by atoms with Gasteiger partial charge in [-0.2, -0.15) is 5.06 Å². The smallest absolute Gasteiger partial charge is 0.280 e. The van der Waals surface area contributed by atoms with E-state index in [4.69, 9.17) is 9.57 Å². The number of nitrogens with zero attached hydrogens (tertiary/aromatic N) is 2. The third-order valence-corrected chi connectivity index (χ3v) is 4.90. The summed E-state index contributed by atoms with van der Waals surface area (Å²) in [6, 6.07) is 15.6. The van der Waals surface area contributed by atoms with E-state index in [1.807, 2.05) is 54.6 Å². The Hall–Kier alpha value is -2.50. The Labute approximate surface area is 153 Å². The molecule has 1 saturated heterocycles. The van der Waals surface area contributed by atoms with Crippen LogP contribution in [0.3, 0.4) is 0 Å². The highest BCUT2D eigenvalue weighted by Gasteiger charge is 2.63. The van der Waals surface area contributed by atoms with Crippen LogP contribution >= 0.6 is 0 Å². The SMILES string of the molecule is CC1(C)OC2(CC/C2=C\c2ccccn2)N(OCc2ccccc2)C1=O. The van der Waals surface area contributed by atoms with Crippen LogP contribution in [0.5, 0.6) is 0 Å². The number of amides is 1. The Morgan fingerprint density at radius 3 is 2.62 bits per heavy atom. The van der Waals surface area contributed by atoms with Crippen LogP contribution < -0.4 is 0 Å². The van der Waals surface area contributed by atoms with Gasteiger partial charge in [0.1, 0.15) is 12.2 Å². The molecule has 1 atom stereocenters. The minimum absolute atomic E-state index is 0.153. The molecule has 1 unspecified atom stereocenters. The molecule has 134 valence electrons. The summed E-state index contributed by atoms with van der Waals surface area (Å²) in [5, 5.41) is 1.44. The van der Waals surface area contributed by atoms with E-state index in [1.54, 1.807) is 20.0 Å². The number of carbonyl (C=O) groups excluding carboxylic acids is 1. The maximum absolute atomic E-state index is 12.9. The van der Waals surface area contributed by atoms with Gasteiger partial charge < -0.3 is 4.74 Å². The Bertz CT molecular complexity index is 833. The minimum Gasteiger partial charge on any atom is -0.333 e. The third-order valence-electron chi connectivity index (χ3n) is 4.90. The van der Waals surface area contributed by atoms with Crippen LogP contribution in [0, 0.1) is 0 Å². The molecule has 1 spiro atoms. The zero-order chi connectivity index (χ0) is 18.2. The molecule has 1 aliphatic heterocycles. The lowest BCUT2D eigenvalue weighted by molar-refractivity contribution is -0.266. The zero-order valence-electron chi connectivity index (χ0n) is 15.0. The second-order valence-corrected chi connectivity index (χ2v) is 7.18. The summed E-state index contributed by atoms with van der Waals surface area (Å²) in [5.41, 5.74) is 1.14. The lowest BCUT2D eigenvalue weighted by Gasteiger charge is -2.45. The first-order valence-electron chi connectivity index (χ1n) is 8.85.